The Morgan fingerprint density at radius 3 is 2.49 bits per heavy atom. The monoisotopic (exact) mass is 590 g/mol. The molecule has 37 heavy (non-hydrogen) atoms. The van der Waals surface area contributed by atoms with Crippen molar-refractivity contribution in [1.29, 1.82) is 0 Å². The minimum Gasteiger partial charge on any atom is -0.493 e. The molecule has 1 heterocycles. The Bertz CT molecular complexity index is 1280. The molecule has 1 aliphatic rings. The number of carbonyl (C=O) groups is 4. The Hall–Kier alpha value is -3.31. The van der Waals surface area contributed by atoms with Gasteiger partial charge in [0.15, 0.2) is 18.1 Å². The lowest BCUT2D eigenvalue weighted by Gasteiger charge is -2.13. The van der Waals surface area contributed by atoms with Crippen molar-refractivity contribution in [2.45, 2.75) is 33.8 Å². The summed E-state index contributed by atoms with van der Waals surface area (Å²) in [5, 5.41) is 2.26. The minimum absolute atomic E-state index is 0.163. The van der Waals surface area contributed by atoms with Crippen LogP contribution in [0.15, 0.2) is 39.7 Å². The second kappa shape index (κ2) is 12.3. The first-order valence-corrected chi connectivity index (χ1v) is 12.9. The van der Waals surface area contributed by atoms with Gasteiger partial charge in [0.25, 0.3) is 17.1 Å². The van der Waals surface area contributed by atoms with Crippen molar-refractivity contribution in [2.24, 2.45) is 0 Å². The summed E-state index contributed by atoms with van der Waals surface area (Å²) in [6.45, 7) is 6.62. The number of imide groups is 1. The van der Waals surface area contributed by atoms with Gasteiger partial charge in [-0.25, -0.2) is 0 Å². The molecule has 0 spiro atoms. The van der Waals surface area contributed by atoms with Gasteiger partial charge in [-0.2, -0.15) is 0 Å². The van der Waals surface area contributed by atoms with Gasteiger partial charge < -0.3 is 19.5 Å². The second-order valence-corrected chi connectivity index (χ2v) is 10.3. The molecule has 11 heteroatoms. The van der Waals surface area contributed by atoms with Gasteiger partial charge in [0.05, 0.1) is 23.8 Å². The summed E-state index contributed by atoms with van der Waals surface area (Å²) < 4.78 is 16.8. The van der Waals surface area contributed by atoms with Crippen molar-refractivity contribution in [3.63, 3.8) is 0 Å². The number of carbonyl (C=O) groups excluding carboxylic acids is 4. The molecule has 3 amide bonds. The highest BCUT2D eigenvalue weighted by Crippen LogP contribution is 2.34. The number of thioether (sulfide) groups is 1. The van der Waals surface area contributed by atoms with E-state index >= 15 is 0 Å². The average Bonchev–Trinajstić information content (AvgIpc) is 3.08. The molecule has 1 fully saturated rings. The Balaban J connectivity index is 1.66. The molecular weight excluding hydrogens is 564 g/mol. The number of hydrogen-bond acceptors (Lipinski definition) is 8. The molecule has 0 aromatic heterocycles. The van der Waals surface area contributed by atoms with Crippen molar-refractivity contribution < 1.29 is 33.4 Å². The summed E-state index contributed by atoms with van der Waals surface area (Å²) in [5.74, 6) is -0.910. The van der Waals surface area contributed by atoms with Crippen molar-refractivity contribution in [2.75, 3.05) is 25.6 Å². The number of aryl methyl sites for hydroxylation is 2. The van der Waals surface area contributed by atoms with E-state index in [1.54, 1.807) is 32.0 Å². The zero-order chi connectivity index (χ0) is 27.3. The maximum atomic E-state index is 12.7. The van der Waals surface area contributed by atoms with E-state index < -0.39 is 23.7 Å². The van der Waals surface area contributed by atoms with Gasteiger partial charge in [0.2, 0.25) is 0 Å². The fourth-order valence-electron chi connectivity index (χ4n) is 3.32. The van der Waals surface area contributed by atoms with Crippen molar-refractivity contribution in [1.82, 2.24) is 4.90 Å². The topological polar surface area (TPSA) is 111 Å². The van der Waals surface area contributed by atoms with E-state index in [-0.39, 0.29) is 23.5 Å². The number of anilines is 1. The van der Waals surface area contributed by atoms with E-state index in [1.807, 2.05) is 26.0 Å². The fraction of sp³-hybridized carbons (Fsp3) is 0.308. The highest BCUT2D eigenvalue weighted by molar-refractivity contribution is 9.10. The molecular formula is C26H27BrN2O7S. The van der Waals surface area contributed by atoms with Crippen LogP contribution in [0.5, 0.6) is 11.5 Å². The van der Waals surface area contributed by atoms with Gasteiger partial charge >= 0.3 is 5.97 Å². The number of esters is 1. The highest BCUT2D eigenvalue weighted by atomic mass is 79.9. The minimum atomic E-state index is -0.657. The van der Waals surface area contributed by atoms with Gasteiger partial charge in [0, 0.05) is 4.47 Å². The Morgan fingerprint density at radius 2 is 1.81 bits per heavy atom. The van der Waals surface area contributed by atoms with Crippen molar-refractivity contribution >= 4 is 62.5 Å². The zero-order valence-electron chi connectivity index (χ0n) is 21.0. The number of rotatable bonds is 9. The molecule has 9 nitrogen and oxygen atoms in total. The molecule has 0 atom stereocenters. The molecule has 1 saturated heterocycles. The molecule has 0 saturated carbocycles. The first-order chi connectivity index (χ1) is 17.5. The van der Waals surface area contributed by atoms with E-state index in [1.165, 1.54) is 13.2 Å². The number of nitrogens with zero attached hydrogens (tertiary/aromatic N) is 1. The average molecular weight is 591 g/mol. The highest BCUT2D eigenvalue weighted by Gasteiger charge is 2.36. The normalized spacial score (nSPS) is 14.4. The number of ether oxygens (including phenoxy) is 3. The molecule has 1 N–H and O–H groups in total. The smallest absolute Gasteiger partial charge is 0.326 e. The molecule has 0 unspecified atom stereocenters. The van der Waals surface area contributed by atoms with Gasteiger partial charge in [-0.3, -0.25) is 24.1 Å². The third kappa shape index (κ3) is 7.36. The third-order valence-corrected chi connectivity index (χ3v) is 6.79. The summed E-state index contributed by atoms with van der Waals surface area (Å²) in [4.78, 5) is 50.3. The van der Waals surface area contributed by atoms with Crippen LogP contribution in [0.25, 0.3) is 6.08 Å². The number of halogens is 1. The summed E-state index contributed by atoms with van der Waals surface area (Å²) in [7, 11) is 1.45. The quantitative estimate of drug-likeness (QED) is 0.318. The predicted molar refractivity (Wildman–Crippen MR) is 145 cm³/mol. The predicted octanol–water partition coefficient (Wildman–Crippen LogP) is 5.08. The maximum Gasteiger partial charge on any atom is 0.326 e. The van der Waals surface area contributed by atoms with E-state index in [0.29, 0.717) is 22.7 Å². The fourth-order valence-corrected chi connectivity index (χ4v) is 4.71. The molecule has 0 radical (unpaired) electrons. The first kappa shape index (κ1) is 28.3. The van der Waals surface area contributed by atoms with Crippen LogP contribution in [0.3, 0.4) is 0 Å². The number of hydrogen-bond donors (Lipinski definition) is 1. The molecule has 2 aromatic rings. The van der Waals surface area contributed by atoms with E-state index in [4.69, 9.17) is 14.2 Å². The largest absolute Gasteiger partial charge is 0.493 e. The van der Waals surface area contributed by atoms with Crippen LogP contribution in [-0.4, -0.2) is 54.3 Å². The summed E-state index contributed by atoms with van der Waals surface area (Å²) in [6.07, 6.45) is 1.17. The van der Waals surface area contributed by atoms with Crippen LogP contribution in [0.4, 0.5) is 10.5 Å². The van der Waals surface area contributed by atoms with Gasteiger partial charge in [-0.15, -0.1) is 0 Å². The number of methoxy groups -OCH3 is 1. The van der Waals surface area contributed by atoms with Crippen LogP contribution in [0.1, 0.15) is 30.5 Å². The van der Waals surface area contributed by atoms with E-state index in [9.17, 15) is 19.2 Å². The lowest BCUT2D eigenvalue weighted by molar-refractivity contribution is -0.149. The van der Waals surface area contributed by atoms with Gasteiger partial charge in [-0.05, 0) is 102 Å². The molecule has 0 bridgehead atoms. The van der Waals surface area contributed by atoms with E-state index in [2.05, 4.69) is 21.2 Å². The Kier molecular flexibility index (Phi) is 9.39. The molecule has 196 valence electrons. The zero-order valence-corrected chi connectivity index (χ0v) is 23.4. The SMILES string of the molecule is COc1cc(/C=C2/SC(=O)N(CC(=O)OC(C)C)C2=O)ccc1OCC(=O)Nc1cc(C)c(C)cc1Br. The van der Waals surface area contributed by atoms with Crippen molar-refractivity contribution in [3.05, 3.63) is 56.4 Å². The lowest BCUT2D eigenvalue weighted by atomic mass is 10.1. The first-order valence-electron chi connectivity index (χ1n) is 11.3. The third-order valence-electron chi connectivity index (χ3n) is 5.23. The van der Waals surface area contributed by atoms with Crippen LogP contribution in [-0.2, 0) is 19.1 Å². The van der Waals surface area contributed by atoms with Gasteiger partial charge in [-0.1, -0.05) is 6.07 Å². The second-order valence-electron chi connectivity index (χ2n) is 8.47. The summed E-state index contributed by atoms with van der Waals surface area (Å²) in [6, 6.07) is 8.69. The van der Waals surface area contributed by atoms with Crippen LogP contribution < -0.4 is 14.8 Å². The molecule has 0 aliphatic carbocycles. The molecule has 3 rings (SSSR count). The lowest BCUT2D eigenvalue weighted by Crippen LogP contribution is -2.35. The Labute approximate surface area is 227 Å². The summed E-state index contributed by atoms with van der Waals surface area (Å²) >= 11 is 4.19. The van der Waals surface area contributed by atoms with E-state index in [0.717, 1.165) is 32.3 Å². The van der Waals surface area contributed by atoms with Crippen molar-refractivity contribution in [3.8, 4) is 11.5 Å². The maximum absolute atomic E-state index is 12.7. The summed E-state index contributed by atoms with van der Waals surface area (Å²) in [5.41, 5.74) is 3.36. The number of amides is 3. The van der Waals surface area contributed by atoms with Crippen LogP contribution in [0.2, 0.25) is 0 Å². The standard InChI is InChI=1S/C26H27BrN2O7S/c1-14(2)36-24(31)12-29-25(32)22(37-26(29)33)11-17-6-7-20(21(10-17)34-5)35-13-23(30)28-19-9-16(4)15(3)8-18(19)27/h6-11,14H,12-13H2,1-5H3,(H,28,30)/b22-11+. The number of benzene rings is 2. The molecule has 2 aromatic carbocycles. The van der Waals surface area contributed by atoms with Gasteiger partial charge in [0.1, 0.15) is 6.54 Å². The van der Waals surface area contributed by atoms with Crippen LogP contribution >= 0.6 is 27.7 Å². The molecule has 1 aliphatic heterocycles. The van der Waals surface area contributed by atoms with Crippen LogP contribution in [0, 0.1) is 13.8 Å². The Morgan fingerprint density at radius 1 is 1.11 bits per heavy atom. The number of nitrogens with one attached hydrogen (secondary N) is 1.